The van der Waals surface area contributed by atoms with Crippen LogP contribution in [0.15, 0.2) is 18.2 Å². The van der Waals surface area contributed by atoms with Gasteiger partial charge in [0.15, 0.2) is 6.54 Å². The first-order valence-corrected chi connectivity index (χ1v) is 11.4. The average molecular weight is 558 g/mol. The lowest BCUT2D eigenvalue weighted by molar-refractivity contribution is -0.925. The van der Waals surface area contributed by atoms with Crippen molar-refractivity contribution in [2.75, 3.05) is 38.6 Å². The maximum Gasteiger partial charge on any atom is 0.339 e. The van der Waals surface area contributed by atoms with Crippen molar-refractivity contribution in [2.24, 2.45) is 5.92 Å². The van der Waals surface area contributed by atoms with Crippen LogP contribution in [0.3, 0.4) is 0 Å². The molecule has 1 N–H and O–H groups in total. The van der Waals surface area contributed by atoms with Gasteiger partial charge in [0, 0.05) is 0 Å². The quantitative estimate of drug-likeness (QED) is 0.299. The summed E-state index contributed by atoms with van der Waals surface area (Å²) in [6.45, 7) is 6.41. The number of para-hydroxylation sites is 1. The molecule has 2 aliphatic rings. The Morgan fingerprint density at radius 2 is 1.84 bits per heavy atom. The van der Waals surface area contributed by atoms with E-state index in [-0.39, 0.29) is 54.4 Å². The van der Waals surface area contributed by atoms with Crippen molar-refractivity contribution >= 4 is 23.5 Å². The van der Waals surface area contributed by atoms with Crippen LogP contribution >= 0.6 is 0 Å². The summed E-state index contributed by atoms with van der Waals surface area (Å²) in [5, 5.41) is 2.93. The van der Waals surface area contributed by atoms with E-state index in [0.29, 0.717) is 22.3 Å². The van der Waals surface area contributed by atoms with Gasteiger partial charge in [-0.3, -0.25) is 9.59 Å². The minimum atomic E-state index is -0.480. The van der Waals surface area contributed by atoms with Crippen LogP contribution in [0.1, 0.15) is 61.4 Å². The summed E-state index contributed by atoms with van der Waals surface area (Å²) >= 11 is 0. The number of esters is 2. The molecule has 0 bridgehead atoms. The van der Waals surface area contributed by atoms with Crippen LogP contribution < -0.4 is 29.3 Å². The summed E-state index contributed by atoms with van der Waals surface area (Å²) in [7, 11) is 1.33. The van der Waals surface area contributed by atoms with Crippen LogP contribution in [0.25, 0.3) is 0 Å². The van der Waals surface area contributed by atoms with Gasteiger partial charge in [-0.1, -0.05) is 12.1 Å². The molecule has 2 fully saturated rings. The first kappa shape index (κ1) is 26.6. The van der Waals surface area contributed by atoms with E-state index in [2.05, 4.69) is 12.2 Å². The van der Waals surface area contributed by atoms with Crippen molar-refractivity contribution in [3.05, 3.63) is 29.3 Å². The summed E-state index contributed by atoms with van der Waals surface area (Å²) in [5.41, 5.74) is 1.63. The van der Waals surface area contributed by atoms with Crippen LogP contribution in [0, 0.1) is 12.8 Å². The van der Waals surface area contributed by atoms with Crippen molar-refractivity contribution in [1.29, 1.82) is 0 Å². The predicted molar refractivity (Wildman–Crippen MR) is 118 cm³/mol. The molecule has 1 aromatic carbocycles. The maximum atomic E-state index is 13.0. The molecule has 1 heterocycles. The molecule has 2 atom stereocenters. The highest BCUT2D eigenvalue weighted by molar-refractivity contribution is 6.02. The zero-order valence-electron chi connectivity index (χ0n) is 19.3. The van der Waals surface area contributed by atoms with Crippen molar-refractivity contribution in [1.82, 2.24) is 0 Å². The third-order valence-electron chi connectivity index (χ3n) is 6.80. The fourth-order valence-corrected chi connectivity index (χ4v) is 4.92. The molecule has 0 aromatic heterocycles. The lowest BCUT2D eigenvalue weighted by Crippen LogP contribution is -3.00. The van der Waals surface area contributed by atoms with Gasteiger partial charge in [-0.15, -0.1) is 0 Å². The first-order chi connectivity index (χ1) is 14.9. The number of carbonyl (C=O) groups is 3. The minimum Gasteiger partial charge on any atom is -1.00 e. The molecule has 0 radical (unpaired) electrons. The zero-order chi connectivity index (χ0) is 22.4. The number of methoxy groups -OCH3 is 1. The van der Waals surface area contributed by atoms with Crippen LogP contribution in [-0.4, -0.2) is 61.7 Å². The predicted octanol–water partition coefficient (Wildman–Crippen LogP) is 0.457. The average Bonchev–Trinajstić information content (AvgIpc) is 3.27. The Hall–Kier alpha value is -1.68. The van der Waals surface area contributed by atoms with Crippen LogP contribution in [0.5, 0.6) is 0 Å². The Balaban J connectivity index is 0.00000363. The number of quaternary nitrogens is 1. The van der Waals surface area contributed by atoms with Crippen LogP contribution in [0.2, 0.25) is 0 Å². The number of likely N-dealkylation sites (tertiary alicyclic amines) is 1. The molecule has 32 heavy (non-hydrogen) atoms. The normalized spacial score (nSPS) is 23.2. The van der Waals surface area contributed by atoms with Crippen molar-refractivity contribution in [3.8, 4) is 0 Å². The summed E-state index contributed by atoms with van der Waals surface area (Å²) in [6, 6.07) is 5.26. The van der Waals surface area contributed by atoms with Gasteiger partial charge in [0.25, 0.3) is 5.91 Å². The SMILES string of the molecule is CC[N+]1(CC(=O)Nc2c(C)cccc2C(=O)OC)CCCC(C(=O)OC2CCCC2)C1.[I-]. The number of aryl methyl sites for hydroxylation is 1. The Kier molecular flexibility index (Phi) is 9.94. The Labute approximate surface area is 207 Å². The molecule has 1 aliphatic heterocycles. The number of nitrogens with one attached hydrogen (secondary N) is 1. The third kappa shape index (κ3) is 6.43. The van der Waals surface area contributed by atoms with Gasteiger partial charge < -0.3 is 43.3 Å². The lowest BCUT2D eigenvalue weighted by Gasteiger charge is -2.42. The second-order valence-electron chi connectivity index (χ2n) is 8.94. The van der Waals surface area contributed by atoms with Crippen molar-refractivity contribution < 1.29 is 52.3 Å². The number of anilines is 1. The number of piperidine rings is 1. The molecule has 1 amide bonds. The fraction of sp³-hybridized carbons (Fsp3) is 0.625. The Morgan fingerprint density at radius 3 is 2.50 bits per heavy atom. The summed E-state index contributed by atoms with van der Waals surface area (Å²) in [4.78, 5) is 37.9. The summed E-state index contributed by atoms with van der Waals surface area (Å²) in [6.07, 6.45) is 5.97. The molecule has 0 spiro atoms. The molecular formula is C24H35IN2O5. The Morgan fingerprint density at radius 1 is 1.12 bits per heavy atom. The Bertz CT molecular complexity index is 825. The highest BCUT2D eigenvalue weighted by Crippen LogP contribution is 2.28. The molecule has 178 valence electrons. The summed E-state index contributed by atoms with van der Waals surface area (Å²) < 4.78 is 11.2. The standard InChI is InChI=1S/C24H34N2O5.HI/c1-4-26(14-8-10-18(15-26)23(28)31-19-11-5-6-12-19)16-21(27)25-22-17(2)9-7-13-20(22)24(29)30-3;/h7,9,13,18-19H,4-6,8,10-12,14-16H2,1-3H3;1H. The molecule has 1 aromatic rings. The number of nitrogens with zero attached hydrogens (tertiary/aromatic N) is 1. The molecule has 1 saturated heterocycles. The molecule has 3 rings (SSSR count). The highest BCUT2D eigenvalue weighted by atomic mass is 127. The van der Waals surface area contributed by atoms with E-state index < -0.39 is 5.97 Å². The number of carbonyl (C=O) groups excluding carboxylic acids is 3. The van der Waals surface area contributed by atoms with E-state index in [1.165, 1.54) is 7.11 Å². The fourth-order valence-electron chi connectivity index (χ4n) is 4.92. The van der Waals surface area contributed by atoms with Crippen LogP contribution in [-0.2, 0) is 19.1 Å². The van der Waals surface area contributed by atoms with E-state index in [4.69, 9.17) is 9.47 Å². The number of amides is 1. The number of benzene rings is 1. The number of halogens is 1. The molecular weight excluding hydrogens is 523 g/mol. The van der Waals surface area contributed by atoms with Gasteiger partial charge in [0.2, 0.25) is 0 Å². The first-order valence-electron chi connectivity index (χ1n) is 11.4. The third-order valence-corrected chi connectivity index (χ3v) is 6.80. The topological polar surface area (TPSA) is 81.7 Å². The van der Waals surface area contributed by atoms with Gasteiger partial charge in [0.05, 0.1) is 38.0 Å². The van der Waals surface area contributed by atoms with E-state index in [0.717, 1.165) is 57.2 Å². The minimum absolute atomic E-state index is 0. The maximum absolute atomic E-state index is 13.0. The molecule has 7 nitrogen and oxygen atoms in total. The van der Waals surface area contributed by atoms with Crippen molar-refractivity contribution in [2.45, 2.75) is 58.5 Å². The van der Waals surface area contributed by atoms with Gasteiger partial charge in [-0.2, -0.15) is 0 Å². The van der Waals surface area contributed by atoms with Crippen molar-refractivity contribution in [3.63, 3.8) is 0 Å². The summed E-state index contributed by atoms with van der Waals surface area (Å²) in [5.74, 6) is -0.904. The molecule has 2 unspecified atom stereocenters. The second-order valence-corrected chi connectivity index (χ2v) is 8.94. The van der Waals surface area contributed by atoms with Gasteiger partial charge in [-0.05, 0) is 64.0 Å². The second kappa shape index (κ2) is 12.0. The van der Waals surface area contributed by atoms with Crippen LogP contribution in [0.4, 0.5) is 5.69 Å². The molecule has 1 aliphatic carbocycles. The number of ether oxygens (including phenoxy) is 2. The number of likely N-dealkylation sites (N-methyl/N-ethyl adjacent to an activating group) is 1. The number of rotatable bonds is 7. The monoisotopic (exact) mass is 558 g/mol. The number of hydrogen-bond donors (Lipinski definition) is 1. The zero-order valence-corrected chi connectivity index (χ0v) is 21.5. The van der Waals surface area contributed by atoms with E-state index in [1.54, 1.807) is 12.1 Å². The molecule has 1 saturated carbocycles. The van der Waals surface area contributed by atoms with E-state index in [1.807, 2.05) is 13.0 Å². The van der Waals surface area contributed by atoms with Gasteiger partial charge in [-0.25, -0.2) is 4.79 Å². The smallest absolute Gasteiger partial charge is 0.339 e. The highest BCUT2D eigenvalue weighted by Gasteiger charge is 2.40. The van der Waals surface area contributed by atoms with E-state index in [9.17, 15) is 14.4 Å². The largest absolute Gasteiger partial charge is 1.00 e. The van der Waals surface area contributed by atoms with Gasteiger partial charge in [0.1, 0.15) is 12.0 Å². The lowest BCUT2D eigenvalue weighted by atomic mass is 9.95. The van der Waals surface area contributed by atoms with Gasteiger partial charge >= 0.3 is 11.9 Å². The number of hydrogen-bond acceptors (Lipinski definition) is 5. The molecule has 8 heteroatoms. The van der Waals surface area contributed by atoms with E-state index >= 15 is 0 Å².